The molecule has 0 aliphatic heterocycles. The van der Waals surface area contributed by atoms with E-state index in [0.29, 0.717) is 4.47 Å². The normalized spacial score (nSPS) is 17.5. The molecular formula is C18H25BrN2O6S. The molecule has 0 aromatic heterocycles. The van der Waals surface area contributed by atoms with E-state index in [1.807, 2.05) is 0 Å². The maximum Gasteiger partial charge on any atom is 0.327 e. The Labute approximate surface area is 173 Å². The first-order chi connectivity index (χ1) is 13.2. The van der Waals surface area contributed by atoms with E-state index >= 15 is 0 Å². The van der Waals surface area contributed by atoms with Crippen molar-refractivity contribution in [1.82, 2.24) is 10.0 Å². The summed E-state index contributed by atoms with van der Waals surface area (Å²) in [6.45, 7) is 0.610. The Morgan fingerprint density at radius 2 is 1.82 bits per heavy atom. The number of amides is 1. The fraction of sp³-hybridized carbons (Fsp3) is 0.556. The van der Waals surface area contributed by atoms with Crippen LogP contribution in [0.4, 0.5) is 0 Å². The van der Waals surface area contributed by atoms with Crippen LogP contribution in [0.5, 0.6) is 0 Å². The van der Waals surface area contributed by atoms with E-state index in [-0.39, 0.29) is 10.9 Å². The topological polar surface area (TPSA) is 122 Å². The van der Waals surface area contributed by atoms with Crippen molar-refractivity contribution in [2.45, 2.75) is 62.1 Å². The van der Waals surface area contributed by atoms with Crippen LogP contribution in [0.2, 0.25) is 0 Å². The number of esters is 1. The van der Waals surface area contributed by atoms with Gasteiger partial charge in [-0.05, 0) is 44.0 Å². The first-order valence-corrected chi connectivity index (χ1v) is 11.4. The van der Waals surface area contributed by atoms with Gasteiger partial charge >= 0.3 is 5.97 Å². The number of benzene rings is 1. The van der Waals surface area contributed by atoms with Crippen molar-refractivity contribution in [1.29, 1.82) is 0 Å². The Balaban J connectivity index is 1.94. The van der Waals surface area contributed by atoms with Gasteiger partial charge in [-0.15, -0.1) is 0 Å². The number of aliphatic hydroxyl groups excluding tert-OH is 1. The monoisotopic (exact) mass is 476 g/mol. The molecule has 2 atom stereocenters. The number of nitrogens with one attached hydrogen (secondary N) is 2. The van der Waals surface area contributed by atoms with Gasteiger partial charge in [0.05, 0.1) is 11.5 Å². The number of aliphatic hydroxyl groups is 1. The Kier molecular flexibility index (Phi) is 8.41. The molecule has 1 amide bonds. The molecule has 0 bridgehead atoms. The molecule has 3 N–H and O–H groups in total. The van der Waals surface area contributed by atoms with Gasteiger partial charge in [0.2, 0.25) is 10.0 Å². The molecule has 1 saturated carbocycles. The number of rotatable bonds is 8. The van der Waals surface area contributed by atoms with Gasteiger partial charge in [0.15, 0.2) is 6.10 Å². The lowest BCUT2D eigenvalue weighted by Crippen LogP contribution is -2.48. The van der Waals surface area contributed by atoms with Crippen molar-refractivity contribution in [3.8, 4) is 0 Å². The van der Waals surface area contributed by atoms with Crippen molar-refractivity contribution in [3.63, 3.8) is 0 Å². The number of hydrogen-bond acceptors (Lipinski definition) is 6. The predicted octanol–water partition coefficient (Wildman–Crippen LogP) is 1.47. The summed E-state index contributed by atoms with van der Waals surface area (Å²) in [7, 11) is -4.04. The third kappa shape index (κ3) is 6.54. The first-order valence-electron chi connectivity index (χ1n) is 9.12. The first kappa shape index (κ1) is 22.8. The van der Waals surface area contributed by atoms with Gasteiger partial charge in [0, 0.05) is 10.5 Å². The van der Waals surface area contributed by atoms with E-state index in [2.05, 4.69) is 26.0 Å². The van der Waals surface area contributed by atoms with Gasteiger partial charge in [0.1, 0.15) is 6.04 Å². The van der Waals surface area contributed by atoms with E-state index in [1.54, 1.807) is 12.1 Å². The minimum Gasteiger partial charge on any atom is -0.451 e. The number of carbonyl (C=O) groups is 2. The lowest BCUT2D eigenvalue weighted by molar-refractivity contribution is -0.157. The van der Waals surface area contributed by atoms with Crippen LogP contribution in [0.3, 0.4) is 0 Å². The molecule has 1 aromatic rings. The van der Waals surface area contributed by atoms with Crippen molar-refractivity contribution in [3.05, 3.63) is 28.7 Å². The van der Waals surface area contributed by atoms with Crippen molar-refractivity contribution in [2.75, 3.05) is 6.61 Å². The summed E-state index contributed by atoms with van der Waals surface area (Å²) in [5, 5.41) is 12.3. The van der Waals surface area contributed by atoms with E-state index in [9.17, 15) is 23.1 Å². The number of sulfonamides is 1. The SMILES string of the molecule is CC(OC(=O)C(CO)NS(=O)(=O)c1ccc(Br)cc1)C(=O)NC1CCCCC1. The lowest BCUT2D eigenvalue weighted by Gasteiger charge is -2.25. The van der Waals surface area contributed by atoms with Crippen molar-refractivity contribution >= 4 is 37.8 Å². The second-order valence-electron chi connectivity index (χ2n) is 6.73. The van der Waals surface area contributed by atoms with E-state index in [1.165, 1.54) is 19.1 Å². The second-order valence-corrected chi connectivity index (χ2v) is 9.36. The van der Waals surface area contributed by atoms with Gasteiger partial charge < -0.3 is 15.2 Å². The average molecular weight is 477 g/mol. The lowest BCUT2D eigenvalue weighted by atomic mass is 9.95. The minimum atomic E-state index is -4.04. The molecule has 156 valence electrons. The van der Waals surface area contributed by atoms with Crippen LogP contribution in [0.25, 0.3) is 0 Å². The number of halogens is 1. The summed E-state index contributed by atoms with van der Waals surface area (Å²) >= 11 is 3.21. The Bertz CT molecular complexity index is 778. The summed E-state index contributed by atoms with van der Waals surface area (Å²) in [4.78, 5) is 24.4. The van der Waals surface area contributed by atoms with Gasteiger partial charge in [-0.3, -0.25) is 9.59 Å². The zero-order chi connectivity index (χ0) is 20.7. The number of carbonyl (C=O) groups excluding carboxylic acids is 2. The standard InChI is InChI=1S/C18H25BrN2O6S/c1-12(17(23)20-14-5-3-2-4-6-14)27-18(24)16(11-22)21-28(25,26)15-9-7-13(19)8-10-15/h7-10,12,14,16,21-22H,2-6,11H2,1H3,(H,20,23). The maximum atomic E-state index is 12.4. The molecule has 0 radical (unpaired) electrons. The molecule has 0 spiro atoms. The highest BCUT2D eigenvalue weighted by molar-refractivity contribution is 9.10. The van der Waals surface area contributed by atoms with Crippen LogP contribution in [-0.4, -0.2) is 50.2 Å². The van der Waals surface area contributed by atoms with Crippen molar-refractivity contribution < 1.29 is 27.9 Å². The summed E-state index contributed by atoms with van der Waals surface area (Å²) < 4.78 is 32.6. The maximum absolute atomic E-state index is 12.4. The molecule has 1 aromatic carbocycles. The van der Waals surface area contributed by atoms with Crippen LogP contribution < -0.4 is 10.0 Å². The Hall–Kier alpha value is -1.49. The quantitative estimate of drug-likeness (QED) is 0.488. The Morgan fingerprint density at radius 3 is 2.39 bits per heavy atom. The average Bonchev–Trinajstić information content (AvgIpc) is 2.67. The van der Waals surface area contributed by atoms with E-state index in [0.717, 1.165) is 32.1 Å². The summed E-state index contributed by atoms with van der Waals surface area (Å²) in [6.07, 6.45) is 3.92. The zero-order valence-corrected chi connectivity index (χ0v) is 18.0. The Morgan fingerprint density at radius 1 is 1.21 bits per heavy atom. The molecule has 10 heteroatoms. The van der Waals surface area contributed by atoms with Gasteiger partial charge in [-0.25, -0.2) is 8.42 Å². The molecule has 1 fully saturated rings. The summed E-state index contributed by atoms with van der Waals surface area (Å²) in [5.74, 6) is -1.46. The molecule has 1 aliphatic rings. The van der Waals surface area contributed by atoms with E-state index < -0.39 is 40.7 Å². The molecular weight excluding hydrogens is 452 g/mol. The highest BCUT2D eigenvalue weighted by Gasteiger charge is 2.30. The second kappa shape index (κ2) is 10.3. The van der Waals surface area contributed by atoms with Crippen LogP contribution >= 0.6 is 15.9 Å². The number of ether oxygens (including phenoxy) is 1. The smallest absolute Gasteiger partial charge is 0.327 e. The van der Waals surface area contributed by atoms with Crippen LogP contribution in [-0.2, 0) is 24.3 Å². The predicted molar refractivity (Wildman–Crippen MR) is 106 cm³/mol. The van der Waals surface area contributed by atoms with Crippen LogP contribution in [0.1, 0.15) is 39.0 Å². The van der Waals surface area contributed by atoms with Gasteiger partial charge in [-0.1, -0.05) is 35.2 Å². The highest BCUT2D eigenvalue weighted by atomic mass is 79.9. The third-order valence-electron chi connectivity index (χ3n) is 4.50. The van der Waals surface area contributed by atoms with Crippen LogP contribution in [0.15, 0.2) is 33.6 Å². The highest BCUT2D eigenvalue weighted by Crippen LogP contribution is 2.18. The summed E-state index contributed by atoms with van der Waals surface area (Å²) in [6, 6.07) is 4.33. The fourth-order valence-electron chi connectivity index (χ4n) is 2.90. The molecule has 2 unspecified atom stereocenters. The van der Waals surface area contributed by atoms with Gasteiger partial charge in [0.25, 0.3) is 5.91 Å². The number of hydrogen-bond donors (Lipinski definition) is 3. The zero-order valence-electron chi connectivity index (χ0n) is 15.6. The fourth-order valence-corrected chi connectivity index (χ4v) is 4.34. The molecule has 8 nitrogen and oxygen atoms in total. The van der Waals surface area contributed by atoms with Crippen LogP contribution in [0, 0.1) is 0 Å². The molecule has 1 aliphatic carbocycles. The third-order valence-corrected chi connectivity index (χ3v) is 6.52. The molecule has 0 saturated heterocycles. The van der Waals surface area contributed by atoms with E-state index in [4.69, 9.17) is 4.74 Å². The molecule has 0 heterocycles. The minimum absolute atomic E-state index is 0.0620. The molecule has 28 heavy (non-hydrogen) atoms. The largest absolute Gasteiger partial charge is 0.451 e. The van der Waals surface area contributed by atoms with Gasteiger partial charge in [-0.2, -0.15) is 4.72 Å². The van der Waals surface area contributed by atoms with Crippen molar-refractivity contribution in [2.24, 2.45) is 0 Å². The summed E-state index contributed by atoms with van der Waals surface area (Å²) in [5.41, 5.74) is 0. The molecule has 2 rings (SSSR count).